The Balaban J connectivity index is 1.27. The third-order valence-corrected chi connectivity index (χ3v) is 14.2. The van der Waals surface area contributed by atoms with Gasteiger partial charge in [-0.25, -0.2) is 8.42 Å². The zero-order chi connectivity index (χ0) is 31.1. The molecule has 0 spiro atoms. The van der Waals surface area contributed by atoms with Crippen LogP contribution in [0.3, 0.4) is 0 Å². The van der Waals surface area contributed by atoms with Gasteiger partial charge in [0.1, 0.15) is 5.75 Å². The SMILES string of the molecule is COc1ccc([C@H]2C[C@H](O[C@@H]3C[C@H]4CC[C@]3(CS(=O)(=O)N(C3CCCCC3)C3CCCCC3)C4(C)C)O[N+](=O)C2=C=N)cc1. The fourth-order valence-corrected chi connectivity index (χ4v) is 12.4. The molecule has 10 heteroatoms. The number of ether oxygens (including phenoxy) is 2. The van der Waals surface area contributed by atoms with Crippen molar-refractivity contribution in [2.24, 2.45) is 16.7 Å². The van der Waals surface area contributed by atoms with Crippen molar-refractivity contribution in [2.45, 2.75) is 134 Å². The summed E-state index contributed by atoms with van der Waals surface area (Å²) in [6.07, 6.45) is 12.3. The molecule has 1 N–H and O–H groups in total. The molecule has 5 fully saturated rings. The number of methoxy groups -OCH3 is 1. The van der Waals surface area contributed by atoms with E-state index in [4.69, 9.17) is 19.7 Å². The molecule has 242 valence electrons. The molecule has 5 aliphatic rings. The van der Waals surface area contributed by atoms with E-state index < -0.39 is 27.6 Å². The molecular weight excluding hydrogens is 578 g/mol. The Morgan fingerprint density at radius 3 is 2.14 bits per heavy atom. The lowest BCUT2D eigenvalue weighted by Crippen LogP contribution is -2.55. The first-order valence-corrected chi connectivity index (χ1v) is 18.4. The zero-order valence-corrected chi connectivity index (χ0v) is 27.4. The first-order valence-electron chi connectivity index (χ1n) is 16.8. The van der Waals surface area contributed by atoms with Crippen LogP contribution in [0.1, 0.15) is 115 Å². The van der Waals surface area contributed by atoms with Crippen molar-refractivity contribution in [2.75, 3.05) is 12.9 Å². The highest BCUT2D eigenvalue weighted by atomic mass is 32.2. The molecule has 0 radical (unpaired) electrons. The number of fused-ring (bicyclic) bond motifs is 2. The molecule has 44 heavy (non-hydrogen) atoms. The van der Waals surface area contributed by atoms with Crippen LogP contribution >= 0.6 is 0 Å². The zero-order valence-electron chi connectivity index (χ0n) is 26.6. The van der Waals surface area contributed by atoms with Crippen LogP contribution in [0.25, 0.3) is 0 Å². The van der Waals surface area contributed by atoms with E-state index in [0.29, 0.717) is 23.0 Å². The van der Waals surface area contributed by atoms with E-state index in [2.05, 4.69) is 19.7 Å². The fourth-order valence-electron chi connectivity index (χ4n) is 9.52. The van der Waals surface area contributed by atoms with Gasteiger partial charge in [0, 0.05) is 23.9 Å². The van der Waals surface area contributed by atoms with E-state index in [0.717, 1.165) is 76.2 Å². The van der Waals surface area contributed by atoms with Crippen molar-refractivity contribution in [3.05, 3.63) is 40.4 Å². The van der Waals surface area contributed by atoms with Gasteiger partial charge >= 0.3 is 5.70 Å². The lowest BCUT2D eigenvalue weighted by molar-refractivity contribution is -0.802. The lowest BCUT2D eigenvalue weighted by atomic mass is 9.69. The van der Waals surface area contributed by atoms with Crippen LogP contribution in [-0.2, 0) is 19.6 Å². The third kappa shape index (κ3) is 5.65. The normalized spacial score (nSPS) is 32.9. The number of nitrogens with one attached hydrogen (secondary N) is 1. The monoisotopic (exact) mass is 628 g/mol. The Bertz CT molecular complexity index is 1340. The van der Waals surface area contributed by atoms with Crippen LogP contribution in [0.2, 0.25) is 0 Å². The van der Waals surface area contributed by atoms with Crippen molar-refractivity contribution in [1.29, 1.82) is 5.41 Å². The van der Waals surface area contributed by atoms with Crippen molar-refractivity contribution in [1.82, 2.24) is 4.31 Å². The van der Waals surface area contributed by atoms with E-state index in [1.165, 1.54) is 12.8 Å². The van der Waals surface area contributed by atoms with Crippen LogP contribution in [0.4, 0.5) is 0 Å². The summed E-state index contributed by atoms with van der Waals surface area (Å²) in [7, 11) is -1.98. The molecule has 1 aromatic carbocycles. The predicted octanol–water partition coefficient (Wildman–Crippen LogP) is 6.86. The maximum atomic E-state index is 14.8. The van der Waals surface area contributed by atoms with E-state index >= 15 is 0 Å². The summed E-state index contributed by atoms with van der Waals surface area (Å²) in [4.78, 5) is 19.1. The summed E-state index contributed by atoms with van der Waals surface area (Å²) in [6, 6.07) is 7.64. The third-order valence-electron chi connectivity index (χ3n) is 12.1. The summed E-state index contributed by atoms with van der Waals surface area (Å²) >= 11 is 0. The second kappa shape index (κ2) is 12.5. The van der Waals surface area contributed by atoms with Crippen LogP contribution in [0.5, 0.6) is 5.75 Å². The number of rotatable bonds is 9. The largest absolute Gasteiger partial charge is 0.497 e. The smallest absolute Gasteiger partial charge is 0.361 e. The van der Waals surface area contributed by atoms with Crippen LogP contribution in [0, 0.1) is 27.1 Å². The molecule has 0 aromatic heterocycles. The highest BCUT2D eigenvalue weighted by Crippen LogP contribution is 2.67. The van der Waals surface area contributed by atoms with Gasteiger partial charge in [0.05, 0.1) is 35.7 Å². The molecule has 6 rings (SSSR count). The Morgan fingerprint density at radius 2 is 1.59 bits per heavy atom. The Hall–Kier alpha value is -2.26. The van der Waals surface area contributed by atoms with Crippen LogP contribution in [-0.4, -0.2) is 60.9 Å². The Morgan fingerprint density at radius 1 is 0.977 bits per heavy atom. The van der Waals surface area contributed by atoms with Gasteiger partial charge in [-0.05, 0) is 74.0 Å². The van der Waals surface area contributed by atoms with Gasteiger partial charge in [-0.15, -0.1) is 0 Å². The molecule has 1 saturated heterocycles. The maximum absolute atomic E-state index is 14.8. The second-order valence-electron chi connectivity index (χ2n) is 14.5. The minimum Gasteiger partial charge on any atom is -0.497 e. The van der Waals surface area contributed by atoms with E-state index in [-0.39, 0.29) is 35.1 Å². The summed E-state index contributed by atoms with van der Waals surface area (Å²) in [5.41, 5.74) is 0.148. The summed E-state index contributed by atoms with van der Waals surface area (Å²) in [5.74, 6) is 2.99. The maximum Gasteiger partial charge on any atom is 0.361 e. The number of sulfonamides is 1. The van der Waals surface area contributed by atoms with Crippen molar-refractivity contribution in [3.63, 3.8) is 0 Å². The van der Waals surface area contributed by atoms with Crippen LogP contribution < -0.4 is 4.74 Å². The lowest BCUT2D eigenvalue weighted by Gasteiger charge is -2.46. The number of benzene rings is 1. The Labute approximate surface area is 262 Å². The molecule has 5 atom stereocenters. The van der Waals surface area contributed by atoms with E-state index in [1.807, 2.05) is 28.6 Å². The number of nitrogens with zero attached hydrogens (tertiary/aromatic N) is 2. The van der Waals surface area contributed by atoms with Gasteiger partial charge in [-0.2, -0.15) is 9.14 Å². The second-order valence-corrected chi connectivity index (χ2v) is 16.4. The minimum atomic E-state index is -3.59. The summed E-state index contributed by atoms with van der Waals surface area (Å²) < 4.78 is 43.5. The first kappa shape index (κ1) is 31.7. The molecule has 9 nitrogen and oxygen atoms in total. The highest BCUT2D eigenvalue weighted by Gasteiger charge is 2.67. The van der Waals surface area contributed by atoms with Crippen LogP contribution in [0.15, 0.2) is 30.0 Å². The summed E-state index contributed by atoms with van der Waals surface area (Å²) in [6.45, 7) is 4.46. The number of hydrogen-bond donors (Lipinski definition) is 1. The molecule has 2 bridgehead atoms. The van der Waals surface area contributed by atoms with Crippen molar-refractivity contribution >= 4 is 15.9 Å². The number of allylic oxidation sites excluding steroid dienone is 1. The minimum absolute atomic E-state index is 0.0858. The Kier molecular flexibility index (Phi) is 9.01. The molecule has 4 aliphatic carbocycles. The molecule has 1 aliphatic heterocycles. The average Bonchev–Trinajstić information content (AvgIpc) is 3.37. The van der Waals surface area contributed by atoms with Gasteiger partial charge in [0.2, 0.25) is 10.0 Å². The summed E-state index contributed by atoms with van der Waals surface area (Å²) in [5, 5.41) is 7.79. The molecule has 0 amide bonds. The molecule has 1 aromatic rings. The van der Waals surface area contributed by atoms with Gasteiger partial charge in [0.15, 0.2) is 0 Å². The standard InChI is InChI=1S/C34H50N3O6S/c1-33(2)25-18-19-34(33,23-44(39,40)36(26-10-6-4-7-11-26)27-12-8-5-9-13-27)31(20-25)42-32-21-29(30(22-35)37(38)43-32)24-14-16-28(41-3)17-15-24/h14-17,25-27,29,31-32,35H,4-13,18-21,23H2,1-3H3/q+1/t25-,29-,31-,32-,34-/m1/s1. The average molecular weight is 629 g/mol. The quantitative estimate of drug-likeness (QED) is 0.299. The molecule has 1 heterocycles. The first-order chi connectivity index (χ1) is 21.1. The highest BCUT2D eigenvalue weighted by molar-refractivity contribution is 7.89. The molecular formula is C34H50N3O6S+. The topological polar surface area (TPSA) is 109 Å². The number of hydrogen-bond acceptors (Lipinski definition) is 7. The van der Waals surface area contributed by atoms with Crippen molar-refractivity contribution in [3.8, 4) is 5.75 Å². The van der Waals surface area contributed by atoms with Crippen molar-refractivity contribution < 1.29 is 27.7 Å². The van der Waals surface area contributed by atoms with Gasteiger partial charge in [-0.3, -0.25) is 5.41 Å². The van der Waals surface area contributed by atoms with Gasteiger partial charge in [0.25, 0.3) is 11.2 Å². The van der Waals surface area contributed by atoms with Gasteiger partial charge < -0.3 is 9.47 Å². The van der Waals surface area contributed by atoms with E-state index in [1.54, 1.807) is 7.11 Å². The van der Waals surface area contributed by atoms with Gasteiger partial charge in [-0.1, -0.05) is 64.5 Å². The fraction of sp³-hybridized carbons (Fsp3) is 0.765. The molecule has 0 unspecified atom stereocenters. The van der Waals surface area contributed by atoms with E-state index in [9.17, 15) is 13.3 Å². The molecule has 4 saturated carbocycles. The predicted molar refractivity (Wildman–Crippen MR) is 168 cm³/mol.